The van der Waals surface area contributed by atoms with Crippen LogP contribution in [-0.2, 0) is 0 Å². The van der Waals surface area contributed by atoms with E-state index in [1.54, 1.807) is 35.1 Å². The molecule has 104 valence electrons. The van der Waals surface area contributed by atoms with Gasteiger partial charge in [0.2, 0.25) is 0 Å². The van der Waals surface area contributed by atoms with Crippen molar-refractivity contribution >= 4 is 17.4 Å². The van der Waals surface area contributed by atoms with Gasteiger partial charge in [-0.05, 0) is 30.3 Å². The number of benzene rings is 1. The lowest BCUT2D eigenvalue weighted by atomic mass is 10.3. The van der Waals surface area contributed by atoms with Crippen molar-refractivity contribution in [3.63, 3.8) is 0 Å². The molecule has 7 nitrogen and oxygen atoms in total. The van der Waals surface area contributed by atoms with E-state index in [1.807, 2.05) is 12.1 Å². The second kappa shape index (κ2) is 5.41. The standard InChI is InChI=1S/C14H12N6O/c15-11-1-3-12(4-2-11)20-13(6-8-18-20)19-14(21)10-5-7-16-17-9-10/h1-9H,15H2,(H,19,21). The third-order valence-corrected chi connectivity index (χ3v) is 2.87. The van der Waals surface area contributed by atoms with Crippen molar-refractivity contribution in [2.45, 2.75) is 0 Å². The predicted molar refractivity (Wildman–Crippen MR) is 78.0 cm³/mol. The smallest absolute Gasteiger partial charge is 0.258 e. The minimum atomic E-state index is -0.276. The van der Waals surface area contributed by atoms with Gasteiger partial charge in [0.1, 0.15) is 5.82 Å². The number of hydrogen-bond acceptors (Lipinski definition) is 5. The van der Waals surface area contributed by atoms with Gasteiger partial charge in [-0.1, -0.05) is 0 Å². The van der Waals surface area contributed by atoms with Crippen molar-refractivity contribution in [1.82, 2.24) is 20.0 Å². The van der Waals surface area contributed by atoms with Crippen LogP contribution in [0.2, 0.25) is 0 Å². The van der Waals surface area contributed by atoms with E-state index in [0.29, 0.717) is 17.1 Å². The molecule has 0 aliphatic heterocycles. The highest BCUT2D eigenvalue weighted by Crippen LogP contribution is 2.16. The lowest BCUT2D eigenvalue weighted by molar-refractivity contribution is 0.102. The van der Waals surface area contributed by atoms with Gasteiger partial charge in [-0.25, -0.2) is 4.68 Å². The fourth-order valence-electron chi connectivity index (χ4n) is 1.83. The summed E-state index contributed by atoms with van der Waals surface area (Å²) >= 11 is 0. The number of carbonyl (C=O) groups is 1. The SMILES string of the molecule is Nc1ccc(-n2nccc2NC(=O)c2ccnnc2)cc1. The molecule has 2 heterocycles. The normalized spacial score (nSPS) is 10.3. The Morgan fingerprint density at radius 3 is 2.57 bits per heavy atom. The van der Waals surface area contributed by atoms with E-state index >= 15 is 0 Å². The lowest BCUT2D eigenvalue weighted by Gasteiger charge is -2.09. The van der Waals surface area contributed by atoms with Crippen LogP contribution in [0.25, 0.3) is 5.69 Å². The van der Waals surface area contributed by atoms with E-state index in [-0.39, 0.29) is 5.91 Å². The zero-order valence-corrected chi connectivity index (χ0v) is 11.0. The Morgan fingerprint density at radius 2 is 1.86 bits per heavy atom. The van der Waals surface area contributed by atoms with Crippen LogP contribution in [0.1, 0.15) is 10.4 Å². The largest absolute Gasteiger partial charge is 0.399 e. The Morgan fingerprint density at radius 1 is 1.05 bits per heavy atom. The van der Waals surface area contributed by atoms with Crippen molar-refractivity contribution < 1.29 is 4.79 Å². The summed E-state index contributed by atoms with van der Waals surface area (Å²) in [6, 6.07) is 10.5. The summed E-state index contributed by atoms with van der Waals surface area (Å²) in [5, 5.41) is 14.3. The molecule has 7 heteroatoms. The summed E-state index contributed by atoms with van der Waals surface area (Å²) in [6.07, 6.45) is 4.47. The van der Waals surface area contributed by atoms with Crippen molar-refractivity contribution in [2.24, 2.45) is 0 Å². The van der Waals surface area contributed by atoms with Crippen molar-refractivity contribution in [3.8, 4) is 5.69 Å². The maximum absolute atomic E-state index is 12.1. The first-order chi connectivity index (χ1) is 10.2. The molecule has 3 N–H and O–H groups in total. The first-order valence-electron chi connectivity index (χ1n) is 6.22. The maximum atomic E-state index is 12.1. The molecular formula is C14H12N6O. The van der Waals surface area contributed by atoms with E-state index in [0.717, 1.165) is 5.69 Å². The maximum Gasteiger partial charge on any atom is 0.258 e. The van der Waals surface area contributed by atoms with Crippen LogP contribution in [0.4, 0.5) is 11.5 Å². The molecular weight excluding hydrogens is 268 g/mol. The van der Waals surface area contributed by atoms with Crippen LogP contribution < -0.4 is 11.1 Å². The van der Waals surface area contributed by atoms with Gasteiger partial charge in [0.05, 0.1) is 29.8 Å². The number of nitrogens with two attached hydrogens (primary N) is 1. The molecule has 0 saturated heterocycles. The van der Waals surface area contributed by atoms with E-state index in [1.165, 1.54) is 12.4 Å². The molecule has 0 bridgehead atoms. The molecule has 0 aliphatic rings. The highest BCUT2D eigenvalue weighted by atomic mass is 16.1. The van der Waals surface area contributed by atoms with Crippen molar-refractivity contribution in [1.29, 1.82) is 0 Å². The van der Waals surface area contributed by atoms with E-state index in [4.69, 9.17) is 5.73 Å². The molecule has 0 atom stereocenters. The third-order valence-electron chi connectivity index (χ3n) is 2.87. The molecule has 21 heavy (non-hydrogen) atoms. The summed E-state index contributed by atoms with van der Waals surface area (Å²) in [4.78, 5) is 12.1. The lowest BCUT2D eigenvalue weighted by Crippen LogP contribution is -2.15. The third kappa shape index (κ3) is 2.71. The second-order valence-electron chi connectivity index (χ2n) is 4.31. The van der Waals surface area contributed by atoms with Gasteiger partial charge in [0.15, 0.2) is 0 Å². The van der Waals surface area contributed by atoms with Crippen LogP contribution in [0.15, 0.2) is 55.0 Å². The Balaban J connectivity index is 1.86. The summed E-state index contributed by atoms with van der Waals surface area (Å²) in [6.45, 7) is 0. The Labute approximate surface area is 120 Å². The van der Waals surface area contributed by atoms with Gasteiger partial charge >= 0.3 is 0 Å². The van der Waals surface area contributed by atoms with Gasteiger partial charge < -0.3 is 11.1 Å². The highest BCUT2D eigenvalue weighted by Gasteiger charge is 2.10. The zero-order valence-electron chi connectivity index (χ0n) is 11.0. The van der Waals surface area contributed by atoms with E-state index in [9.17, 15) is 4.79 Å². The zero-order chi connectivity index (χ0) is 14.7. The highest BCUT2D eigenvalue weighted by molar-refractivity contribution is 6.03. The molecule has 0 fully saturated rings. The molecule has 0 radical (unpaired) electrons. The van der Waals surface area contributed by atoms with Gasteiger partial charge in [-0.2, -0.15) is 15.3 Å². The molecule has 3 aromatic rings. The molecule has 0 unspecified atom stereocenters. The number of amides is 1. The fraction of sp³-hybridized carbons (Fsp3) is 0. The van der Waals surface area contributed by atoms with E-state index < -0.39 is 0 Å². The number of nitrogens with zero attached hydrogens (tertiary/aromatic N) is 4. The van der Waals surface area contributed by atoms with Crippen LogP contribution >= 0.6 is 0 Å². The average Bonchev–Trinajstić information content (AvgIpc) is 2.97. The molecule has 0 aliphatic carbocycles. The number of hydrogen-bond donors (Lipinski definition) is 2. The average molecular weight is 280 g/mol. The van der Waals surface area contributed by atoms with Crippen LogP contribution in [-0.4, -0.2) is 25.9 Å². The number of nitrogens with one attached hydrogen (secondary N) is 1. The van der Waals surface area contributed by atoms with Gasteiger partial charge in [0.25, 0.3) is 5.91 Å². The molecule has 3 rings (SSSR count). The molecule has 0 saturated carbocycles. The first-order valence-corrected chi connectivity index (χ1v) is 6.22. The summed E-state index contributed by atoms with van der Waals surface area (Å²) in [5.74, 6) is 0.281. The number of anilines is 2. The number of aromatic nitrogens is 4. The fourth-order valence-corrected chi connectivity index (χ4v) is 1.83. The summed E-state index contributed by atoms with van der Waals surface area (Å²) in [5.41, 5.74) is 7.56. The monoisotopic (exact) mass is 280 g/mol. The van der Waals surface area contributed by atoms with Gasteiger partial charge in [-0.15, -0.1) is 0 Å². The Hall–Kier alpha value is -3.22. The van der Waals surface area contributed by atoms with Crippen LogP contribution in [0.5, 0.6) is 0 Å². The topological polar surface area (TPSA) is 98.7 Å². The van der Waals surface area contributed by atoms with Gasteiger partial charge in [-0.3, -0.25) is 4.79 Å². The Bertz CT molecular complexity index is 751. The van der Waals surface area contributed by atoms with Gasteiger partial charge in [0, 0.05) is 11.8 Å². The molecule has 1 aromatic carbocycles. The van der Waals surface area contributed by atoms with Crippen LogP contribution in [0.3, 0.4) is 0 Å². The van der Waals surface area contributed by atoms with Crippen molar-refractivity contribution in [2.75, 3.05) is 11.1 Å². The van der Waals surface area contributed by atoms with Crippen LogP contribution in [0, 0.1) is 0 Å². The van der Waals surface area contributed by atoms with Crippen molar-refractivity contribution in [3.05, 3.63) is 60.6 Å². The quantitative estimate of drug-likeness (QED) is 0.708. The predicted octanol–water partition coefficient (Wildman–Crippen LogP) is 1.50. The minimum Gasteiger partial charge on any atom is -0.399 e. The molecule has 1 amide bonds. The first kappa shape index (κ1) is 12.8. The number of carbonyl (C=O) groups excluding carboxylic acids is 1. The number of nitrogen functional groups attached to an aromatic ring is 1. The summed E-state index contributed by atoms with van der Waals surface area (Å²) < 4.78 is 1.62. The van der Waals surface area contributed by atoms with E-state index in [2.05, 4.69) is 20.6 Å². The molecule has 2 aromatic heterocycles. The minimum absolute atomic E-state index is 0.276. The molecule has 0 spiro atoms. The summed E-state index contributed by atoms with van der Waals surface area (Å²) in [7, 11) is 0. The second-order valence-corrected chi connectivity index (χ2v) is 4.31. The Kier molecular flexibility index (Phi) is 3.30. The number of rotatable bonds is 3.